The van der Waals surface area contributed by atoms with E-state index in [1.54, 1.807) is 31.4 Å². The summed E-state index contributed by atoms with van der Waals surface area (Å²) in [4.78, 5) is 23.5. The van der Waals surface area contributed by atoms with E-state index in [0.29, 0.717) is 27.7 Å². The first kappa shape index (κ1) is 21.8. The molecule has 1 amide bonds. The van der Waals surface area contributed by atoms with Crippen LogP contribution in [-0.4, -0.2) is 23.4 Å². The minimum atomic E-state index is -0.548. The van der Waals surface area contributed by atoms with Crippen molar-refractivity contribution in [1.29, 1.82) is 0 Å². The second kappa shape index (κ2) is 8.97. The molecular formula is C22H18ClN3O5S. The molecule has 1 aromatic heterocycles. The molecule has 2 heterocycles. The number of halogens is 1. The fourth-order valence-electron chi connectivity index (χ4n) is 3.16. The Hall–Kier alpha value is -3.43. The first-order valence-electron chi connectivity index (χ1n) is 9.48. The average Bonchev–Trinajstić information content (AvgIpc) is 3.35. The van der Waals surface area contributed by atoms with Crippen molar-refractivity contribution in [2.24, 2.45) is 0 Å². The van der Waals surface area contributed by atoms with Crippen LogP contribution in [0.25, 0.3) is 17.4 Å². The van der Waals surface area contributed by atoms with E-state index in [2.05, 4.69) is 10.6 Å². The molecule has 10 heteroatoms. The number of carbonyl (C=O) groups excluding carboxylic acids is 1. The van der Waals surface area contributed by atoms with Gasteiger partial charge in [-0.25, -0.2) is 0 Å². The molecule has 2 N–H and O–H groups in total. The van der Waals surface area contributed by atoms with E-state index in [0.717, 1.165) is 11.3 Å². The summed E-state index contributed by atoms with van der Waals surface area (Å²) in [5.41, 5.74) is 1.77. The topological polar surface area (TPSA) is 107 Å². The Kier molecular flexibility index (Phi) is 6.11. The van der Waals surface area contributed by atoms with Gasteiger partial charge >= 0.3 is 0 Å². The number of hydrogen-bond acceptors (Lipinski definition) is 7. The van der Waals surface area contributed by atoms with Gasteiger partial charge in [-0.1, -0.05) is 29.4 Å². The number of rotatable bonds is 6. The molecular weight excluding hydrogens is 454 g/mol. The van der Waals surface area contributed by atoms with Gasteiger partial charge in [0.15, 0.2) is 5.50 Å². The third kappa shape index (κ3) is 4.58. The molecule has 1 unspecified atom stereocenters. The van der Waals surface area contributed by atoms with Crippen molar-refractivity contribution in [3.8, 4) is 17.1 Å². The minimum Gasteiger partial charge on any atom is -0.495 e. The van der Waals surface area contributed by atoms with Crippen molar-refractivity contribution in [3.63, 3.8) is 0 Å². The normalized spacial score (nSPS) is 16.8. The molecule has 0 spiro atoms. The summed E-state index contributed by atoms with van der Waals surface area (Å²) in [6, 6.07) is 13.6. The Bertz CT molecular complexity index is 1240. The summed E-state index contributed by atoms with van der Waals surface area (Å²) < 4.78 is 11.2. The number of amides is 1. The number of nitrogens with one attached hydrogen (secondary N) is 2. The molecule has 0 radical (unpaired) electrons. The summed E-state index contributed by atoms with van der Waals surface area (Å²) in [6.07, 6.45) is 1.63. The van der Waals surface area contributed by atoms with Gasteiger partial charge < -0.3 is 19.8 Å². The minimum absolute atomic E-state index is 0.0513. The fraction of sp³-hybridized carbons (Fsp3) is 0.136. The van der Waals surface area contributed by atoms with Crippen molar-refractivity contribution in [3.05, 3.63) is 79.9 Å². The Balaban J connectivity index is 1.52. The SMILES string of the molecule is COc1ccc(C)cc1NC1NC(=O)/C(=C/c2ccc(-c3ccc(Cl)c([N+](=O)[O-])c3)o2)S1. The number of furan rings is 1. The number of methoxy groups -OCH3 is 1. The Labute approximate surface area is 192 Å². The Morgan fingerprint density at radius 1 is 1.25 bits per heavy atom. The quantitative estimate of drug-likeness (QED) is 0.280. The molecule has 1 aliphatic heterocycles. The van der Waals surface area contributed by atoms with Gasteiger partial charge in [-0.05, 0) is 48.9 Å². The molecule has 1 aliphatic rings. The molecule has 1 saturated heterocycles. The predicted octanol–water partition coefficient (Wildman–Crippen LogP) is 5.42. The molecule has 1 atom stereocenters. The van der Waals surface area contributed by atoms with Gasteiger partial charge in [0, 0.05) is 17.7 Å². The summed E-state index contributed by atoms with van der Waals surface area (Å²) in [5.74, 6) is 1.32. The lowest BCUT2D eigenvalue weighted by Crippen LogP contribution is -2.31. The lowest BCUT2D eigenvalue weighted by Gasteiger charge is -2.16. The maximum atomic E-state index is 12.4. The van der Waals surface area contributed by atoms with Crippen LogP contribution in [0.15, 0.2) is 57.9 Å². The average molecular weight is 472 g/mol. The third-order valence-corrected chi connectivity index (χ3v) is 6.05. The number of ether oxygens (including phenoxy) is 1. The first-order chi connectivity index (χ1) is 15.3. The molecule has 2 aromatic carbocycles. The van der Waals surface area contributed by atoms with E-state index in [-0.39, 0.29) is 22.1 Å². The van der Waals surface area contributed by atoms with Crippen LogP contribution < -0.4 is 15.4 Å². The van der Waals surface area contributed by atoms with Gasteiger partial charge in [-0.15, -0.1) is 0 Å². The number of thioether (sulfide) groups is 1. The van der Waals surface area contributed by atoms with E-state index >= 15 is 0 Å². The zero-order chi connectivity index (χ0) is 22.8. The van der Waals surface area contributed by atoms with Crippen LogP contribution in [0, 0.1) is 17.0 Å². The van der Waals surface area contributed by atoms with E-state index in [9.17, 15) is 14.9 Å². The van der Waals surface area contributed by atoms with Crippen molar-refractivity contribution in [1.82, 2.24) is 5.32 Å². The molecule has 0 bridgehead atoms. The highest BCUT2D eigenvalue weighted by atomic mass is 35.5. The highest BCUT2D eigenvalue weighted by Gasteiger charge is 2.28. The van der Waals surface area contributed by atoms with Crippen LogP contribution >= 0.6 is 23.4 Å². The number of nitro benzene ring substituents is 1. The molecule has 0 saturated carbocycles. The molecule has 8 nitrogen and oxygen atoms in total. The number of benzene rings is 2. The van der Waals surface area contributed by atoms with Crippen molar-refractivity contribution in [2.75, 3.05) is 12.4 Å². The maximum absolute atomic E-state index is 12.4. The maximum Gasteiger partial charge on any atom is 0.288 e. The molecule has 164 valence electrons. The van der Waals surface area contributed by atoms with E-state index in [1.165, 1.54) is 23.9 Å². The van der Waals surface area contributed by atoms with Crippen molar-refractivity contribution >= 4 is 46.7 Å². The van der Waals surface area contributed by atoms with Crippen LogP contribution in [0.3, 0.4) is 0 Å². The molecule has 1 fully saturated rings. The summed E-state index contributed by atoms with van der Waals surface area (Å²) in [7, 11) is 1.59. The third-order valence-electron chi connectivity index (χ3n) is 4.70. The van der Waals surface area contributed by atoms with Crippen LogP contribution in [0.4, 0.5) is 11.4 Å². The lowest BCUT2D eigenvalue weighted by atomic mass is 10.1. The predicted molar refractivity (Wildman–Crippen MR) is 125 cm³/mol. The van der Waals surface area contributed by atoms with Gasteiger partial charge in [-0.2, -0.15) is 0 Å². The zero-order valence-electron chi connectivity index (χ0n) is 17.0. The van der Waals surface area contributed by atoms with Gasteiger partial charge in [0.05, 0.1) is 22.6 Å². The lowest BCUT2D eigenvalue weighted by molar-refractivity contribution is -0.384. The summed E-state index contributed by atoms with van der Waals surface area (Å²) in [5, 5.41) is 17.3. The zero-order valence-corrected chi connectivity index (χ0v) is 18.6. The van der Waals surface area contributed by atoms with Gasteiger partial charge in [0.25, 0.3) is 11.6 Å². The van der Waals surface area contributed by atoms with Crippen LogP contribution in [0.5, 0.6) is 5.75 Å². The number of aryl methyl sites for hydroxylation is 1. The second-order valence-corrected chi connectivity index (χ2v) is 8.51. The summed E-state index contributed by atoms with van der Waals surface area (Å²) >= 11 is 7.18. The van der Waals surface area contributed by atoms with E-state index in [4.69, 9.17) is 20.8 Å². The van der Waals surface area contributed by atoms with E-state index < -0.39 is 4.92 Å². The smallest absolute Gasteiger partial charge is 0.288 e. The largest absolute Gasteiger partial charge is 0.495 e. The number of nitrogens with zero attached hydrogens (tertiary/aromatic N) is 1. The van der Waals surface area contributed by atoms with Crippen LogP contribution in [0.1, 0.15) is 11.3 Å². The van der Waals surface area contributed by atoms with Crippen molar-refractivity contribution < 1.29 is 18.9 Å². The molecule has 0 aliphatic carbocycles. The summed E-state index contributed by atoms with van der Waals surface area (Å²) in [6.45, 7) is 1.97. The molecule has 4 rings (SSSR count). The highest BCUT2D eigenvalue weighted by molar-refractivity contribution is 8.05. The first-order valence-corrected chi connectivity index (χ1v) is 10.7. The van der Waals surface area contributed by atoms with Crippen LogP contribution in [-0.2, 0) is 4.79 Å². The Morgan fingerprint density at radius 3 is 2.81 bits per heavy atom. The number of anilines is 1. The molecule has 32 heavy (non-hydrogen) atoms. The van der Waals surface area contributed by atoms with E-state index in [1.807, 2.05) is 25.1 Å². The van der Waals surface area contributed by atoms with Gasteiger partial charge in [0.1, 0.15) is 22.3 Å². The fourth-order valence-corrected chi connectivity index (χ4v) is 4.30. The van der Waals surface area contributed by atoms with Gasteiger partial charge in [-0.3, -0.25) is 14.9 Å². The number of nitro groups is 1. The standard InChI is InChI=1S/C22H18ClN3O5S/c1-12-3-7-19(30-2)16(9-12)24-22-25-21(27)20(32-22)11-14-5-8-18(31-14)13-4-6-15(23)17(10-13)26(28)29/h3-11,22,24H,1-2H3,(H,25,27)/b20-11-. The highest BCUT2D eigenvalue weighted by Crippen LogP contribution is 2.35. The second-order valence-electron chi connectivity index (χ2n) is 6.95. The van der Waals surface area contributed by atoms with Crippen LogP contribution in [0.2, 0.25) is 5.02 Å². The van der Waals surface area contributed by atoms with Crippen molar-refractivity contribution in [2.45, 2.75) is 12.4 Å². The Morgan fingerprint density at radius 2 is 2.06 bits per heavy atom. The number of hydrogen-bond donors (Lipinski definition) is 2. The number of carbonyl (C=O) groups is 1. The monoisotopic (exact) mass is 471 g/mol. The molecule has 3 aromatic rings. The van der Waals surface area contributed by atoms with Gasteiger partial charge in [0.2, 0.25) is 0 Å².